The molecule has 2 aromatic rings. The van der Waals surface area contributed by atoms with Gasteiger partial charge in [-0.1, -0.05) is 26.0 Å². The van der Waals surface area contributed by atoms with E-state index < -0.39 is 22.5 Å². The molecule has 2 N–H and O–H groups in total. The standard InChI is InChI=1S/C22H29N3O6S/c1-15(2)13-23-22(27)17-8-6-7-9-18(17)24-21(26)14-25(32(5,28)29)19-12-16(30-3)10-11-20(19)31-4/h6-12,15H,13-14H2,1-5H3,(H,23,27)(H,24,26). The van der Waals surface area contributed by atoms with Crippen LogP contribution in [0.5, 0.6) is 11.5 Å². The number of sulfonamides is 1. The number of hydrogen-bond acceptors (Lipinski definition) is 6. The first-order chi connectivity index (χ1) is 15.1. The molecule has 0 aliphatic rings. The predicted molar refractivity (Wildman–Crippen MR) is 124 cm³/mol. The summed E-state index contributed by atoms with van der Waals surface area (Å²) in [5.41, 5.74) is 0.726. The van der Waals surface area contributed by atoms with Gasteiger partial charge >= 0.3 is 0 Å². The third-order valence-electron chi connectivity index (χ3n) is 4.46. The van der Waals surface area contributed by atoms with E-state index in [0.717, 1.165) is 10.6 Å². The molecule has 0 saturated carbocycles. The van der Waals surface area contributed by atoms with Gasteiger partial charge in [-0.25, -0.2) is 8.42 Å². The number of amides is 2. The number of anilines is 2. The molecule has 174 valence electrons. The summed E-state index contributed by atoms with van der Waals surface area (Å²) in [6.45, 7) is 3.91. The Morgan fingerprint density at radius 2 is 1.75 bits per heavy atom. The van der Waals surface area contributed by atoms with Crippen molar-refractivity contribution in [1.82, 2.24) is 5.32 Å². The number of rotatable bonds is 10. The zero-order chi connectivity index (χ0) is 23.9. The third-order valence-corrected chi connectivity index (χ3v) is 5.59. The fraction of sp³-hybridized carbons (Fsp3) is 0.364. The highest BCUT2D eigenvalue weighted by Crippen LogP contribution is 2.33. The highest BCUT2D eigenvalue weighted by molar-refractivity contribution is 7.92. The number of carbonyl (C=O) groups excluding carboxylic acids is 2. The van der Waals surface area contributed by atoms with Crippen LogP contribution in [0.15, 0.2) is 42.5 Å². The Balaban J connectivity index is 2.30. The summed E-state index contributed by atoms with van der Waals surface area (Å²) in [5, 5.41) is 5.44. The Morgan fingerprint density at radius 1 is 1.06 bits per heavy atom. The van der Waals surface area contributed by atoms with Gasteiger partial charge in [0.2, 0.25) is 15.9 Å². The summed E-state index contributed by atoms with van der Waals surface area (Å²) in [4.78, 5) is 25.3. The topological polar surface area (TPSA) is 114 Å². The lowest BCUT2D eigenvalue weighted by Gasteiger charge is -2.24. The van der Waals surface area contributed by atoms with Crippen LogP contribution in [0, 0.1) is 5.92 Å². The van der Waals surface area contributed by atoms with Gasteiger partial charge in [-0.2, -0.15) is 0 Å². The average molecular weight is 464 g/mol. The van der Waals surface area contributed by atoms with Crippen LogP contribution in [0.3, 0.4) is 0 Å². The molecule has 0 unspecified atom stereocenters. The first kappa shape index (κ1) is 25.0. The van der Waals surface area contributed by atoms with E-state index >= 15 is 0 Å². The Kier molecular flexibility index (Phi) is 8.48. The minimum Gasteiger partial charge on any atom is -0.497 e. The van der Waals surface area contributed by atoms with Gasteiger partial charge in [0, 0.05) is 12.6 Å². The van der Waals surface area contributed by atoms with E-state index in [1.54, 1.807) is 36.4 Å². The Morgan fingerprint density at radius 3 is 2.34 bits per heavy atom. The van der Waals surface area contributed by atoms with Crippen LogP contribution < -0.4 is 24.4 Å². The van der Waals surface area contributed by atoms with Gasteiger partial charge in [0.05, 0.1) is 37.4 Å². The zero-order valence-electron chi connectivity index (χ0n) is 18.8. The van der Waals surface area contributed by atoms with E-state index in [-0.39, 0.29) is 34.5 Å². The smallest absolute Gasteiger partial charge is 0.253 e. The molecule has 32 heavy (non-hydrogen) atoms. The van der Waals surface area contributed by atoms with Crippen LogP contribution in [-0.4, -0.2) is 53.8 Å². The van der Waals surface area contributed by atoms with Crippen molar-refractivity contribution in [3.63, 3.8) is 0 Å². The van der Waals surface area contributed by atoms with Crippen LogP contribution in [0.4, 0.5) is 11.4 Å². The molecule has 0 aromatic heterocycles. The second-order valence-electron chi connectivity index (χ2n) is 7.51. The highest BCUT2D eigenvalue weighted by Gasteiger charge is 2.25. The van der Waals surface area contributed by atoms with Crippen molar-refractivity contribution < 1.29 is 27.5 Å². The van der Waals surface area contributed by atoms with E-state index in [1.165, 1.54) is 20.3 Å². The Hall–Kier alpha value is -3.27. The first-order valence-corrected chi connectivity index (χ1v) is 11.8. The van der Waals surface area contributed by atoms with Crippen molar-refractivity contribution in [1.29, 1.82) is 0 Å². The van der Waals surface area contributed by atoms with Crippen molar-refractivity contribution in [3.8, 4) is 11.5 Å². The average Bonchev–Trinajstić information content (AvgIpc) is 2.75. The zero-order valence-corrected chi connectivity index (χ0v) is 19.7. The maximum Gasteiger partial charge on any atom is 0.253 e. The lowest BCUT2D eigenvalue weighted by Crippen LogP contribution is -2.38. The third kappa shape index (κ3) is 6.61. The molecule has 2 aromatic carbocycles. The van der Waals surface area contributed by atoms with Crippen LogP contribution >= 0.6 is 0 Å². The molecule has 2 amide bonds. The van der Waals surface area contributed by atoms with Crippen molar-refractivity contribution >= 4 is 33.2 Å². The Labute approximate surface area is 188 Å². The van der Waals surface area contributed by atoms with Gasteiger partial charge < -0.3 is 20.1 Å². The van der Waals surface area contributed by atoms with Crippen molar-refractivity contribution in [2.75, 3.05) is 43.2 Å². The molecular weight excluding hydrogens is 434 g/mol. The summed E-state index contributed by atoms with van der Waals surface area (Å²) in [7, 11) is -1.00. The predicted octanol–water partition coefficient (Wildman–Crippen LogP) is 2.49. The molecule has 2 rings (SSSR count). The van der Waals surface area contributed by atoms with Crippen LogP contribution in [0.25, 0.3) is 0 Å². The normalized spacial score (nSPS) is 11.1. The molecule has 0 heterocycles. The number of para-hydroxylation sites is 1. The van der Waals surface area contributed by atoms with E-state index in [0.29, 0.717) is 12.3 Å². The Bertz CT molecular complexity index is 1070. The van der Waals surface area contributed by atoms with Gasteiger partial charge in [0.25, 0.3) is 5.91 Å². The van der Waals surface area contributed by atoms with E-state index in [2.05, 4.69) is 10.6 Å². The van der Waals surface area contributed by atoms with E-state index in [1.807, 2.05) is 13.8 Å². The number of hydrogen-bond donors (Lipinski definition) is 2. The first-order valence-electron chi connectivity index (χ1n) is 9.93. The molecule has 9 nitrogen and oxygen atoms in total. The largest absolute Gasteiger partial charge is 0.497 e. The number of benzene rings is 2. The maximum atomic E-state index is 12.8. The van der Waals surface area contributed by atoms with Gasteiger partial charge in [-0.05, 0) is 30.2 Å². The fourth-order valence-corrected chi connectivity index (χ4v) is 3.73. The monoisotopic (exact) mass is 463 g/mol. The summed E-state index contributed by atoms with van der Waals surface area (Å²) < 4.78 is 36.4. The summed E-state index contributed by atoms with van der Waals surface area (Å²) >= 11 is 0. The summed E-state index contributed by atoms with van der Waals surface area (Å²) in [6.07, 6.45) is 0.993. The summed E-state index contributed by atoms with van der Waals surface area (Å²) in [5.74, 6) is -0.0187. The highest BCUT2D eigenvalue weighted by atomic mass is 32.2. The quantitative estimate of drug-likeness (QED) is 0.560. The van der Waals surface area contributed by atoms with E-state index in [4.69, 9.17) is 9.47 Å². The molecule has 10 heteroatoms. The van der Waals surface area contributed by atoms with Crippen molar-refractivity contribution in [2.45, 2.75) is 13.8 Å². The number of nitrogens with zero attached hydrogens (tertiary/aromatic N) is 1. The lowest BCUT2D eigenvalue weighted by atomic mass is 10.1. The van der Waals surface area contributed by atoms with Crippen LogP contribution in [0.2, 0.25) is 0 Å². The summed E-state index contributed by atoms with van der Waals surface area (Å²) in [6, 6.07) is 11.2. The minimum atomic E-state index is -3.85. The minimum absolute atomic E-state index is 0.160. The van der Waals surface area contributed by atoms with Crippen molar-refractivity contribution in [3.05, 3.63) is 48.0 Å². The molecule has 0 aliphatic carbocycles. The number of nitrogens with one attached hydrogen (secondary N) is 2. The molecule has 0 atom stereocenters. The van der Waals surface area contributed by atoms with Gasteiger partial charge in [0.1, 0.15) is 18.0 Å². The second kappa shape index (κ2) is 10.9. The van der Waals surface area contributed by atoms with Crippen LogP contribution in [0.1, 0.15) is 24.2 Å². The number of ether oxygens (including phenoxy) is 2. The van der Waals surface area contributed by atoms with Gasteiger partial charge in [-0.15, -0.1) is 0 Å². The molecule has 0 radical (unpaired) electrons. The lowest BCUT2D eigenvalue weighted by molar-refractivity contribution is -0.114. The molecule has 0 fully saturated rings. The molecular formula is C22H29N3O6S. The SMILES string of the molecule is COc1ccc(OC)c(N(CC(=O)Nc2ccccc2C(=O)NCC(C)C)S(C)(=O)=O)c1. The second-order valence-corrected chi connectivity index (χ2v) is 9.41. The van der Waals surface area contributed by atoms with Gasteiger partial charge in [-0.3, -0.25) is 13.9 Å². The van der Waals surface area contributed by atoms with E-state index in [9.17, 15) is 18.0 Å². The fourth-order valence-electron chi connectivity index (χ4n) is 2.88. The molecule has 0 spiro atoms. The molecule has 0 bridgehead atoms. The van der Waals surface area contributed by atoms with Gasteiger partial charge in [0.15, 0.2) is 0 Å². The molecule has 0 aliphatic heterocycles. The number of carbonyl (C=O) groups is 2. The van der Waals surface area contributed by atoms with Crippen LogP contribution in [-0.2, 0) is 14.8 Å². The molecule has 0 saturated heterocycles. The maximum absolute atomic E-state index is 12.8. The van der Waals surface area contributed by atoms with Crippen molar-refractivity contribution in [2.24, 2.45) is 5.92 Å². The number of methoxy groups -OCH3 is 2.